The second-order valence-electron chi connectivity index (χ2n) is 5.37. The molecule has 3 heteroatoms. The molecule has 17 heavy (non-hydrogen) atoms. The molecule has 0 amide bonds. The molecule has 1 aromatic carbocycles. The molecule has 2 rings (SSSR count). The van der Waals surface area contributed by atoms with Crippen LogP contribution in [0, 0.1) is 18.7 Å². The molecule has 2 unspecified atom stereocenters. The molecule has 1 aromatic rings. The standard InChI is InChI=1S/C14H21FN2/c1-10-5-14(16)9-17(7-10)8-12-3-4-13(15)6-11(12)2/h3-4,6,10,14H,5,7-9,16H2,1-2H3. The Morgan fingerprint density at radius 1 is 1.41 bits per heavy atom. The van der Waals surface area contributed by atoms with Crippen molar-refractivity contribution in [1.82, 2.24) is 4.90 Å². The minimum Gasteiger partial charge on any atom is -0.327 e. The van der Waals surface area contributed by atoms with E-state index in [0.29, 0.717) is 5.92 Å². The molecule has 1 fully saturated rings. The topological polar surface area (TPSA) is 29.3 Å². The van der Waals surface area contributed by atoms with Gasteiger partial charge in [-0.15, -0.1) is 0 Å². The van der Waals surface area contributed by atoms with Crippen LogP contribution in [0.1, 0.15) is 24.5 Å². The van der Waals surface area contributed by atoms with Crippen LogP contribution < -0.4 is 5.73 Å². The van der Waals surface area contributed by atoms with Gasteiger partial charge in [0.05, 0.1) is 0 Å². The summed E-state index contributed by atoms with van der Waals surface area (Å²) >= 11 is 0. The molecule has 1 aliphatic heterocycles. The van der Waals surface area contributed by atoms with Crippen molar-refractivity contribution in [3.8, 4) is 0 Å². The first-order valence-corrected chi connectivity index (χ1v) is 6.27. The molecule has 1 aliphatic rings. The zero-order valence-corrected chi connectivity index (χ0v) is 10.6. The van der Waals surface area contributed by atoms with Crippen molar-refractivity contribution in [2.75, 3.05) is 13.1 Å². The molecule has 1 heterocycles. The molecule has 0 radical (unpaired) electrons. The average molecular weight is 236 g/mol. The van der Waals surface area contributed by atoms with Crippen LogP contribution in [-0.2, 0) is 6.54 Å². The smallest absolute Gasteiger partial charge is 0.123 e. The zero-order chi connectivity index (χ0) is 12.4. The Hall–Kier alpha value is -0.930. The molecular weight excluding hydrogens is 215 g/mol. The van der Waals surface area contributed by atoms with Crippen molar-refractivity contribution in [2.24, 2.45) is 11.7 Å². The number of nitrogens with two attached hydrogens (primary N) is 1. The molecule has 2 nitrogen and oxygen atoms in total. The van der Waals surface area contributed by atoms with E-state index >= 15 is 0 Å². The number of nitrogens with zero attached hydrogens (tertiary/aromatic N) is 1. The lowest BCUT2D eigenvalue weighted by Crippen LogP contribution is -2.45. The van der Waals surface area contributed by atoms with Crippen LogP contribution in [0.5, 0.6) is 0 Å². The third-order valence-electron chi connectivity index (χ3n) is 3.47. The van der Waals surface area contributed by atoms with Crippen LogP contribution in [0.15, 0.2) is 18.2 Å². The van der Waals surface area contributed by atoms with E-state index in [2.05, 4.69) is 11.8 Å². The number of likely N-dealkylation sites (tertiary alicyclic amines) is 1. The van der Waals surface area contributed by atoms with Gasteiger partial charge in [-0.25, -0.2) is 4.39 Å². The molecule has 1 saturated heterocycles. The van der Waals surface area contributed by atoms with Crippen molar-refractivity contribution in [3.63, 3.8) is 0 Å². The minimum atomic E-state index is -0.157. The van der Waals surface area contributed by atoms with Crippen molar-refractivity contribution >= 4 is 0 Å². The molecule has 0 aromatic heterocycles. The first kappa shape index (κ1) is 12.5. The highest BCUT2D eigenvalue weighted by Gasteiger charge is 2.22. The summed E-state index contributed by atoms with van der Waals surface area (Å²) in [6, 6.07) is 5.30. The number of hydrogen-bond acceptors (Lipinski definition) is 2. The molecule has 0 saturated carbocycles. The van der Waals surface area contributed by atoms with Gasteiger partial charge in [0.15, 0.2) is 0 Å². The van der Waals surface area contributed by atoms with E-state index in [4.69, 9.17) is 5.73 Å². The second kappa shape index (κ2) is 5.15. The van der Waals surface area contributed by atoms with E-state index in [-0.39, 0.29) is 11.9 Å². The summed E-state index contributed by atoms with van der Waals surface area (Å²) in [5, 5.41) is 0. The normalized spacial score (nSPS) is 26.1. The van der Waals surface area contributed by atoms with E-state index < -0.39 is 0 Å². The Bertz CT molecular complexity index is 382. The Labute approximate surface area is 103 Å². The summed E-state index contributed by atoms with van der Waals surface area (Å²) in [4.78, 5) is 2.37. The Balaban J connectivity index is 2.04. The quantitative estimate of drug-likeness (QED) is 0.853. The molecule has 2 atom stereocenters. The molecule has 0 aliphatic carbocycles. The van der Waals surface area contributed by atoms with Crippen LogP contribution in [0.4, 0.5) is 4.39 Å². The predicted molar refractivity (Wildman–Crippen MR) is 68.2 cm³/mol. The van der Waals surface area contributed by atoms with Gasteiger partial charge in [0.2, 0.25) is 0 Å². The highest BCUT2D eigenvalue weighted by Crippen LogP contribution is 2.19. The average Bonchev–Trinajstić information content (AvgIpc) is 2.21. The molecule has 94 valence electrons. The van der Waals surface area contributed by atoms with Gasteiger partial charge in [-0.2, -0.15) is 0 Å². The molecular formula is C14H21FN2. The van der Waals surface area contributed by atoms with Gasteiger partial charge in [-0.05, 0) is 42.5 Å². The van der Waals surface area contributed by atoms with Gasteiger partial charge < -0.3 is 5.73 Å². The molecule has 0 spiro atoms. The van der Waals surface area contributed by atoms with Crippen LogP contribution in [0.3, 0.4) is 0 Å². The van der Waals surface area contributed by atoms with Gasteiger partial charge >= 0.3 is 0 Å². The summed E-state index contributed by atoms with van der Waals surface area (Å²) in [7, 11) is 0. The van der Waals surface area contributed by atoms with E-state index in [9.17, 15) is 4.39 Å². The lowest BCUT2D eigenvalue weighted by Gasteiger charge is -2.35. The fourth-order valence-electron chi connectivity index (χ4n) is 2.72. The zero-order valence-electron chi connectivity index (χ0n) is 10.6. The summed E-state index contributed by atoms with van der Waals surface area (Å²) in [6.45, 7) is 7.12. The van der Waals surface area contributed by atoms with E-state index in [0.717, 1.165) is 31.6 Å². The minimum absolute atomic E-state index is 0.157. The van der Waals surface area contributed by atoms with Gasteiger partial charge in [-0.3, -0.25) is 4.90 Å². The number of piperidine rings is 1. The van der Waals surface area contributed by atoms with Crippen molar-refractivity contribution in [2.45, 2.75) is 32.9 Å². The van der Waals surface area contributed by atoms with Gasteiger partial charge in [-0.1, -0.05) is 13.0 Å². The monoisotopic (exact) mass is 236 g/mol. The first-order chi connectivity index (χ1) is 8.04. The fourth-order valence-corrected chi connectivity index (χ4v) is 2.72. The number of rotatable bonds is 2. The van der Waals surface area contributed by atoms with Gasteiger partial charge in [0, 0.05) is 25.7 Å². The Morgan fingerprint density at radius 2 is 2.18 bits per heavy atom. The lowest BCUT2D eigenvalue weighted by atomic mass is 9.96. The van der Waals surface area contributed by atoms with Crippen LogP contribution >= 0.6 is 0 Å². The van der Waals surface area contributed by atoms with Crippen molar-refractivity contribution < 1.29 is 4.39 Å². The summed E-state index contributed by atoms with van der Waals surface area (Å²) < 4.78 is 13.0. The van der Waals surface area contributed by atoms with E-state index in [1.807, 2.05) is 13.0 Å². The maximum atomic E-state index is 13.0. The van der Waals surface area contributed by atoms with Gasteiger partial charge in [0.1, 0.15) is 5.82 Å². The van der Waals surface area contributed by atoms with E-state index in [1.54, 1.807) is 6.07 Å². The summed E-state index contributed by atoms with van der Waals surface area (Å²) in [5.41, 5.74) is 8.26. The highest BCUT2D eigenvalue weighted by molar-refractivity contribution is 5.26. The second-order valence-corrected chi connectivity index (χ2v) is 5.37. The van der Waals surface area contributed by atoms with Crippen molar-refractivity contribution in [3.05, 3.63) is 35.1 Å². The van der Waals surface area contributed by atoms with Crippen molar-refractivity contribution in [1.29, 1.82) is 0 Å². The maximum Gasteiger partial charge on any atom is 0.123 e. The molecule has 0 bridgehead atoms. The number of halogens is 1. The summed E-state index contributed by atoms with van der Waals surface area (Å²) in [6.07, 6.45) is 1.11. The number of hydrogen-bond donors (Lipinski definition) is 1. The van der Waals surface area contributed by atoms with Crippen LogP contribution in [0.2, 0.25) is 0 Å². The Morgan fingerprint density at radius 3 is 2.82 bits per heavy atom. The third-order valence-corrected chi connectivity index (χ3v) is 3.47. The van der Waals surface area contributed by atoms with Gasteiger partial charge in [0.25, 0.3) is 0 Å². The first-order valence-electron chi connectivity index (χ1n) is 6.27. The number of benzene rings is 1. The fraction of sp³-hybridized carbons (Fsp3) is 0.571. The van der Waals surface area contributed by atoms with E-state index in [1.165, 1.54) is 11.6 Å². The predicted octanol–water partition coefficient (Wildman–Crippen LogP) is 2.30. The largest absolute Gasteiger partial charge is 0.327 e. The Kier molecular flexibility index (Phi) is 3.79. The molecule has 2 N–H and O–H groups in total. The SMILES string of the molecule is Cc1cc(F)ccc1CN1CC(C)CC(N)C1. The third kappa shape index (κ3) is 3.27. The maximum absolute atomic E-state index is 13.0. The van der Waals surface area contributed by atoms with Crippen LogP contribution in [-0.4, -0.2) is 24.0 Å². The summed E-state index contributed by atoms with van der Waals surface area (Å²) in [5.74, 6) is 0.495. The highest BCUT2D eigenvalue weighted by atomic mass is 19.1. The lowest BCUT2D eigenvalue weighted by molar-refractivity contribution is 0.158. The van der Waals surface area contributed by atoms with Crippen LogP contribution in [0.25, 0.3) is 0 Å². The number of aryl methyl sites for hydroxylation is 1.